The Bertz CT molecular complexity index is 409. The van der Waals surface area contributed by atoms with Crippen LogP contribution in [0.4, 0.5) is 0 Å². The number of amides is 1. The fourth-order valence-electron chi connectivity index (χ4n) is 4.55. The predicted octanol–water partition coefficient (Wildman–Crippen LogP) is 1.78. The van der Waals surface area contributed by atoms with E-state index in [9.17, 15) is 4.79 Å². The fourth-order valence-corrected chi connectivity index (χ4v) is 4.55. The first kappa shape index (κ1) is 14.3. The van der Waals surface area contributed by atoms with Crippen molar-refractivity contribution in [1.29, 1.82) is 0 Å². The first-order valence-electron chi connectivity index (χ1n) is 8.09. The van der Waals surface area contributed by atoms with Crippen LogP contribution < -0.4 is 5.73 Å². The van der Waals surface area contributed by atoms with Gasteiger partial charge in [0.25, 0.3) is 0 Å². The van der Waals surface area contributed by atoms with Gasteiger partial charge in [-0.15, -0.1) is 0 Å². The van der Waals surface area contributed by atoms with Crippen LogP contribution in [0.5, 0.6) is 0 Å². The minimum Gasteiger partial charge on any atom is -0.377 e. The molecule has 1 amide bonds. The van der Waals surface area contributed by atoms with E-state index in [-0.39, 0.29) is 23.3 Å². The number of hydrogen-bond acceptors (Lipinski definition) is 3. The van der Waals surface area contributed by atoms with Gasteiger partial charge in [-0.2, -0.15) is 0 Å². The molecule has 0 bridgehead atoms. The highest BCUT2D eigenvalue weighted by Gasteiger charge is 2.71. The van der Waals surface area contributed by atoms with E-state index in [1.165, 1.54) is 6.42 Å². The van der Waals surface area contributed by atoms with Crippen molar-refractivity contribution in [2.24, 2.45) is 23.0 Å². The molecule has 4 heteroatoms. The molecule has 0 aromatic carbocycles. The summed E-state index contributed by atoms with van der Waals surface area (Å²) < 4.78 is 5.79. The van der Waals surface area contributed by atoms with Gasteiger partial charge in [-0.25, -0.2) is 0 Å². The molecule has 1 saturated carbocycles. The van der Waals surface area contributed by atoms with Crippen molar-refractivity contribution in [2.75, 3.05) is 19.7 Å². The van der Waals surface area contributed by atoms with Gasteiger partial charge < -0.3 is 15.4 Å². The maximum absolute atomic E-state index is 13.1. The van der Waals surface area contributed by atoms with Crippen LogP contribution >= 0.6 is 0 Å². The van der Waals surface area contributed by atoms with Gasteiger partial charge in [-0.05, 0) is 31.6 Å². The van der Waals surface area contributed by atoms with E-state index in [2.05, 4.69) is 20.8 Å². The number of fused-ring (bicyclic) bond motifs is 1. The van der Waals surface area contributed by atoms with Gasteiger partial charge in [-0.3, -0.25) is 4.79 Å². The van der Waals surface area contributed by atoms with Crippen molar-refractivity contribution in [1.82, 2.24) is 4.90 Å². The smallest absolute Gasteiger partial charge is 0.243 e. The van der Waals surface area contributed by atoms with Crippen LogP contribution in [0, 0.1) is 17.3 Å². The summed E-state index contributed by atoms with van der Waals surface area (Å²) in [7, 11) is 0. The third kappa shape index (κ3) is 1.77. The molecule has 3 fully saturated rings. The molecular formula is C16H28N2O2. The average molecular weight is 280 g/mol. The first-order chi connectivity index (χ1) is 9.39. The SMILES string of the molecule is CC1CCCN(C(=O)C2(N)C3CCOC3C2(C)C)CC1. The van der Waals surface area contributed by atoms with Crippen molar-refractivity contribution in [3.63, 3.8) is 0 Å². The second-order valence-electron chi connectivity index (χ2n) is 7.61. The van der Waals surface area contributed by atoms with Gasteiger partial charge >= 0.3 is 0 Å². The van der Waals surface area contributed by atoms with Crippen LogP contribution in [0.25, 0.3) is 0 Å². The summed E-state index contributed by atoms with van der Waals surface area (Å²) in [6, 6.07) is 0. The molecule has 4 nitrogen and oxygen atoms in total. The van der Waals surface area contributed by atoms with Crippen LogP contribution in [0.2, 0.25) is 0 Å². The number of nitrogens with zero attached hydrogens (tertiary/aromatic N) is 1. The summed E-state index contributed by atoms with van der Waals surface area (Å²) in [5, 5.41) is 0. The summed E-state index contributed by atoms with van der Waals surface area (Å²) in [4.78, 5) is 15.1. The van der Waals surface area contributed by atoms with E-state index in [0.717, 1.165) is 44.9 Å². The Kier molecular flexibility index (Phi) is 3.37. The maximum Gasteiger partial charge on any atom is 0.243 e. The lowest BCUT2D eigenvalue weighted by Crippen LogP contribution is -2.80. The van der Waals surface area contributed by atoms with Crippen molar-refractivity contribution in [3.8, 4) is 0 Å². The summed E-state index contributed by atoms with van der Waals surface area (Å²) >= 11 is 0. The highest BCUT2D eigenvalue weighted by atomic mass is 16.5. The van der Waals surface area contributed by atoms with Gasteiger partial charge in [0, 0.05) is 31.0 Å². The number of carbonyl (C=O) groups excluding carboxylic acids is 1. The number of hydrogen-bond donors (Lipinski definition) is 1. The minimum absolute atomic E-state index is 0.169. The molecule has 2 N–H and O–H groups in total. The molecule has 4 atom stereocenters. The predicted molar refractivity (Wildman–Crippen MR) is 78.1 cm³/mol. The van der Waals surface area contributed by atoms with Crippen LogP contribution in [-0.2, 0) is 9.53 Å². The lowest BCUT2D eigenvalue weighted by atomic mass is 9.47. The number of ether oxygens (including phenoxy) is 1. The van der Waals surface area contributed by atoms with Gasteiger partial charge in [-0.1, -0.05) is 20.8 Å². The molecule has 0 spiro atoms. The van der Waals surface area contributed by atoms with Crippen molar-refractivity contribution < 1.29 is 9.53 Å². The van der Waals surface area contributed by atoms with Gasteiger partial charge in [0.15, 0.2) is 0 Å². The second-order valence-corrected chi connectivity index (χ2v) is 7.61. The summed E-state index contributed by atoms with van der Waals surface area (Å²) in [6.07, 6.45) is 4.53. The van der Waals surface area contributed by atoms with Gasteiger partial charge in [0.1, 0.15) is 5.54 Å². The molecule has 4 unspecified atom stereocenters. The molecule has 0 aromatic heterocycles. The molecule has 20 heavy (non-hydrogen) atoms. The van der Waals surface area contributed by atoms with Crippen molar-refractivity contribution >= 4 is 5.91 Å². The number of nitrogens with two attached hydrogens (primary N) is 1. The molecule has 2 aliphatic heterocycles. The molecule has 2 saturated heterocycles. The van der Waals surface area contributed by atoms with E-state index in [1.807, 2.05) is 4.90 Å². The third-order valence-corrected chi connectivity index (χ3v) is 6.11. The van der Waals surface area contributed by atoms with E-state index in [4.69, 9.17) is 10.5 Å². The highest BCUT2D eigenvalue weighted by molar-refractivity contribution is 5.89. The average Bonchev–Trinajstić information content (AvgIpc) is 2.79. The third-order valence-electron chi connectivity index (χ3n) is 6.11. The Hall–Kier alpha value is -0.610. The lowest BCUT2D eigenvalue weighted by Gasteiger charge is -2.61. The monoisotopic (exact) mass is 280 g/mol. The van der Waals surface area contributed by atoms with E-state index in [1.54, 1.807) is 0 Å². The summed E-state index contributed by atoms with van der Waals surface area (Å²) in [6.45, 7) is 8.96. The summed E-state index contributed by atoms with van der Waals surface area (Å²) in [5.74, 6) is 1.10. The topological polar surface area (TPSA) is 55.6 Å². The molecule has 114 valence electrons. The van der Waals surface area contributed by atoms with E-state index < -0.39 is 5.54 Å². The molecule has 0 aromatic rings. The molecule has 2 heterocycles. The minimum atomic E-state index is -0.720. The Morgan fingerprint density at radius 2 is 2.00 bits per heavy atom. The molecule has 1 aliphatic carbocycles. The largest absolute Gasteiger partial charge is 0.377 e. The maximum atomic E-state index is 13.1. The van der Waals surface area contributed by atoms with E-state index >= 15 is 0 Å². The zero-order valence-corrected chi connectivity index (χ0v) is 13.0. The molecule has 3 aliphatic rings. The quantitative estimate of drug-likeness (QED) is 0.796. The molecule has 3 rings (SSSR count). The van der Waals surface area contributed by atoms with E-state index in [0.29, 0.717) is 0 Å². The second kappa shape index (κ2) is 4.70. The Balaban J connectivity index is 1.79. The highest BCUT2D eigenvalue weighted by Crippen LogP contribution is 2.58. The fraction of sp³-hybridized carbons (Fsp3) is 0.938. The molecule has 0 radical (unpaired) electrons. The number of carbonyl (C=O) groups is 1. The number of likely N-dealkylation sites (tertiary alicyclic amines) is 1. The normalized spacial score (nSPS) is 43.6. The standard InChI is InChI=1S/C16H28N2O2/c1-11-5-4-8-18(9-6-11)14(19)16(17)12-7-10-20-13(12)15(16,2)3/h11-13H,4-10,17H2,1-3H3. The van der Waals surface area contributed by atoms with Crippen LogP contribution in [0.15, 0.2) is 0 Å². The Labute approximate surface area is 122 Å². The number of rotatable bonds is 1. The van der Waals surface area contributed by atoms with Gasteiger partial charge in [0.2, 0.25) is 5.91 Å². The van der Waals surface area contributed by atoms with Crippen molar-refractivity contribution in [3.05, 3.63) is 0 Å². The van der Waals surface area contributed by atoms with Gasteiger partial charge in [0.05, 0.1) is 6.10 Å². The van der Waals surface area contributed by atoms with Crippen molar-refractivity contribution in [2.45, 2.75) is 58.1 Å². The van der Waals surface area contributed by atoms with Crippen LogP contribution in [0.1, 0.15) is 46.5 Å². The summed E-state index contributed by atoms with van der Waals surface area (Å²) in [5.41, 5.74) is 5.69. The zero-order chi connectivity index (χ0) is 14.5. The molecular weight excluding hydrogens is 252 g/mol. The van der Waals surface area contributed by atoms with Crippen LogP contribution in [0.3, 0.4) is 0 Å². The first-order valence-corrected chi connectivity index (χ1v) is 8.09. The Morgan fingerprint density at radius 1 is 1.25 bits per heavy atom. The Morgan fingerprint density at radius 3 is 2.75 bits per heavy atom. The lowest BCUT2D eigenvalue weighted by molar-refractivity contribution is -0.184. The zero-order valence-electron chi connectivity index (χ0n) is 13.0. The van der Waals surface area contributed by atoms with Crippen LogP contribution in [-0.4, -0.2) is 42.1 Å².